The highest BCUT2D eigenvalue weighted by molar-refractivity contribution is 6.07. The van der Waals surface area contributed by atoms with Crippen molar-refractivity contribution in [3.05, 3.63) is 59.3 Å². The molecule has 30 heavy (non-hydrogen) atoms. The summed E-state index contributed by atoms with van der Waals surface area (Å²) >= 11 is 0. The second kappa shape index (κ2) is 7.90. The Hall–Kier alpha value is -3.81. The maximum Gasteiger partial charge on any atom is 0.357 e. The van der Waals surface area contributed by atoms with Crippen LogP contribution in [0.1, 0.15) is 26.4 Å². The molecular formula is C22H20N2O6. The standard InChI is InChI=1S/C22H20N2O6/c1-13-11-16-17(30-10-9-29-16)12-15(13)19-18(21(25)27-2)20(22(26)28-3)24(23-19)14-7-5-4-6-8-14/h4-8,11-12H,9-10H2,1-3H3. The minimum absolute atomic E-state index is 0.0140. The number of benzene rings is 2. The molecule has 8 nitrogen and oxygen atoms in total. The lowest BCUT2D eigenvalue weighted by Gasteiger charge is -2.20. The third-order valence-electron chi connectivity index (χ3n) is 4.80. The van der Waals surface area contributed by atoms with Crippen LogP contribution in [-0.4, -0.2) is 49.2 Å². The lowest BCUT2D eigenvalue weighted by Crippen LogP contribution is -2.16. The first-order chi connectivity index (χ1) is 14.5. The Bertz CT molecular complexity index is 1120. The van der Waals surface area contributed by atoms with E-state index in [4.69, 9.17) is 18.9 Å². The van der Waals surface area contributed by atoms with Crippen molar-refractivity contribution in [2.24, 2.45) is 0 Å². The van der Waals surface area contributed by atoms with Gasteiger partial charge in [0.15, 0.2) is 17.2 Å². The highest BCUT2D eigenvalue weighted by atomic mass is 16.6. The van der Waals surface area contributed by atoms with Crippen LogP contribution in [0, 0.1) is 6.92 Å². The smallest absolute Gasteiger partial charge is 0.357 e. The summed E-state index contributed by atoms with van der Waals surface area (Å²) in [5, 5.41) is 4.62. The monoisotopic (exact) mass is 408 g/mol. The third-order valence-corrected chi connectivity index (χ3v) is 4.80. The molecule has 1 aliphatic heterocycles. The van der Waals surface area contributed by atoms with Crippen molar-refractivity contribution in [3.8, 4) is 28.4 Å². The van der Waals surface area contributed by atoms with Gasteiger partial charge in [-0.15, -0.1) is 0 Å². The number of nitrogens with zero attached hydrogens (tertiary/aromatic N) is 2. The molecule has 0 saturated carbocycles. The summed E-state index contributed by atoms with van der Waals surface area (Å²) < 4.78 is 22.6. The fraction of sp³-hybridized carbons (Fsp3) is 0.227. The largest absolute Gasteiger partial charge is 0.486 e. The molecular weight excluding hydrogens is 388 g/mol. The van der Waals surface area contributed by atoms with E-state index in [1.165, 1.54) is 18.9 Å². The van der Waals surface area contributed by atoms with Gasteiger partial charge < -0.3 is 18.9 Å². The van der Waals surface area contributed by atoms with Crippen LogP contribution in [0.25, 0.3) is 16.9 Å². The zero-order chi connectivity index (χ0) is 21.3. The molecule has 4 rings (SSSR count). The topological polar surface area (TPSA) is 88.9 Å². The van der Waals surface area contributed by atoms with Crippen molar-refractivity contribution < 1.29 is 28.5 Å². The predicted octanol–water partition coefficient (Wildman–Crippen LogP) is 3.19. The quantitative estimate of drug-likeness (QED) is 0.613. The number of hydrogen-bond donors (Lipinski definition) is 0. The number of aryl methyl sites for hydroxylation is 1. The predicted molar refractivity (Wildman–Crippen MR) is 107 cm³/mol. The molecule has 0 aliphatic carbocycles. The summed E-state index contributed by atoms with van der Waals surface area (Å²) in [5.41, 5.74) is 2.33. The summed E-state index contributed by atoms with van der Waals surface area (Å²) in [4.78, 5) is 25.4. The molecule has 154 valence electrons. The number of hydrogen-bond acceptors (Lipinski definition) is 7. The molecule has 0 fully saturated rings. The number of para-hydroxylation sites is 1. The highest BCUT2D eigenvalue weighted by Gasteiger charge is 2.32. The molecule has 0 atom stereocenters. The van der Waals surface area contributed by atoms with Crippen LogP contribution < -0.4 is 9.47 Å². The molecule has 1 aliphatic rings. The summed E-state index contributed by atoms with van der Waals surface area (Å²) in [6.45, 7) is 2.76. The van der Waals surface area contributed by atoms with Crippen LogP contribution in [0.5, 0.6) is 11.5 Å². The van der Waals surface area contributed by atoms with Gasteiger partial charge in [0, 0.05) is 5.56 Å². The van der Waals surface area contributed by atoms with Crippen molar-refractivity contribution in [3.63, 3.8) is 0 Å². The summed E-state index contributed by atoms with van der Waals surface area (Å²) in [5.74, 6) is -0.223. The van der Waals surface area contributed by atoms with Crippen LogP contribution in [0.2, 0.25) is 0 Å². The number of rotatable bonds is 4. The van der Waals surface area contributed by atoms with E-state index in [1.807, 2.05) is 31.2 Å². The molecule has 0 saturated heterocycles. The molecule has 1 aromatic heterocycles. The van der Waals surface area contributed by atoms with Crippen molar-refractivity contribution in [2.75, 3.05) is 27.4 Å². The molecule has 2 heterocycles. The molecule has 0 radical (unpaired) electrons. The first-order valence-electron chi connectivity index (χ1n) is 9.30. The van der Waals surface area contributed by atoms with Gasteiger partial charge in [-0.2, -0.15) is 5.10 Å². The maximum atomic E-state index is 12.8. The van der Waals surface area contributed by atoms with Gasteiger partial charge in [0.1, 0.15) is 24.5 Å². The first kappa shape index (κ1) is 19.5. The Morgan fingerprint density at radius 2 is 1.60 bits per heavy atom. The van der Waals surface area contributed by atoms with Crippen molar-refractivity contribution >= 4 is 11.9 Å². The van der Waals surface area contributed by atoms with E-state index in [2.05, 4.69) is 5.10 Å². The highest BCUT2D eigenvalue weighted by Crippen LogP contribution is 2.39. The number of carbonyl (C=O) groups excluding carboxylic acids is 2. The number of carbonyl (C=O) groups is 2. The SMILES string of the molecule is COC(=O)c1c(-c2cc3c(cc2C)OCCO3)nn(-c2ccccc2)c1C(=O)OC. The van der Waals surface area contributed by atoms with E-state index in [0.717, 1.165) is 5.56 Å². The summed E-state index contributed by atoms with van der Waals surface area (Å²) in [6, 6.07) is 12.6. The molecule has 8 heteroatoms. The molecule has 0 spiro atoms. The number of ether oxygens (including phenoxy) is 4. The van der Waals surface area contributed by atoms with Crippen LogP contribution >= 0.6 is 0 Å². The maximum absolute atomic E-state index is 12.8. The van der Waals surface area contributed by atoms with Gasteiger partial charge in [0.05, 0.1) is 19.9 Å². The molecule has 2 aromatic carbocycles. The number of esters is 2. The van der Waals surface area contributed by atoms with E-state index in [9.17, 15) is 9.59 Å². The number of aromatic nitrogens is 2. The second-order valence-electron chi connectivity index (χ2n) is 6.61. The Kier molecular flexibility index (Phi) is 5.14. The second-order valence-corrected chi connectivity index (χ2v) is 6.61. The Morgan fingerprint density at radius 1 is 0.967 bits per heavy atom. The third kappa shape index (κ3) is 3.26. The normalized spacial score (nSPS) is 12.4. The number of fused-ring (bicyclic) bond motifs is 1. The molecule has 3 aromatic rings. The van der Waals surface area contributed by atoms with Crippen molar-refractivity contribution in [1.82, 2.24) is 9.78 Å². The van der Waals surface area contributed by atoms with Gasteiger partial charge in [0.2, 0.25) is 0 Å². The molecule has 0 bridgehead atoms. The van der Waals surface area contributed by atoms with Gasteiger partial charge in [-0.1, -0.05) is 18.2 Å². The Morgan fingerprint density at radius 3 is 2.23 bits per heavy atom. The van der Waals surface area contributed by atoms with E-state index >= 15 is 0 Å². The molecule has 0 N–H and O–H groups in total. The lowest BCUT2D eigenvalue weighted by atomic mass is 10.00. The Labute approximate surface area is 172 Å². The minimum Gasteiger partial charge on any atom is -0.486 e. The van der Waals surface area contributed by atoms with Gasteiger partial charge in [-0.3, -0.25) is 0 Å². The molecule has 0 unspecified atom stereocenters. The van der Waals surface area contributed by atoms with E-state index < -0.39 is 11.9 Å². The Balaban J connectivity index is 2.02. The number of methoxy groups -OCH3 is 2. The zero-order valence-electron chi connectivity index (χ0n) is 16.8. The fourth-order valence-electron chi connectivity index (χ4n) is 3.39. The van der Waals surface area contributed by atoms with Crippen LogP contribution in [0.4, 0.5) is 0 Å². The average Bonchev–Trinajstić information content (AvgIpc) is 3.18. The zero-order valence-corrected chi connectivity index (χ0v) is 16.8. The van der Waals surface area contributed by atoms with Gasteiger partial charge in [-0.25, -0.2) is 14.3 Å². The van der Waals surface area contributed by atoms with E-state index in [-0.39, 0.29) is 11.3 Å². The minimum atomic E-state index is -0.701. The van der Waals surface area contributed by atoms with Gasteiger partial charge >= 0.3 is 11.9 Å². The first-order valence-corrected chi connectivity index (χ1v) is 9.30. The van der Waals surface area contributed by atoms with E-state index in [0.29, 0.717) is 41.7 Å². The van der Waals surface area contributed by atoms with Crippen LogP contribution in [-0.2, 0) is 9.47 Å². The lowest BCUT2D eigenvalue weighted by molar-refractivity contribution is 0.0549. The van der Waals surface area contributed by atoms with Crippen molar-refractivity contribution in [2.45, 2.75) is 6.92 Å². The van der Waals surface area contributed by atoms with Gasteiger partial charge in [-0.05, 0) is 36.8 Å². The summed E-state index contributed by atoms with van der Waals surface area (Å²) in [7, 11) is 2.50. The van der Waals surface area contributed by atoms with Crippen LogP contribution in [0.15, 0.2) is 42.5 Å². The average molecular weight is 408 g/mol. The molecule has 0 amide bonds. The van der Waals surface area contributed by atoms with Gasteiger partial charge in [0.25, 0.3) is 0 Å². The van der Waals surface area contributed by atoms with Crippen LogP contribution in [0.3, 0.4) is 0 Å². The fourth-order valence-corrected chi connectivity index (χ4v) is 3.39. The van der Waals surface area contributed by atoms with Crippen molar-refractivity contribution in [1.29, 1.82) is 0 Å². The van der Waals surface area contributed by atoms with E-state index in [1.54, 1.807) is 18.2 Å². The summed E-state index contributed by atoms with van der Waals surface area (Å²) in [6.07, 6.45) is 0.